The third-order valence-electron chi connectivity index (χ3n) is 5.34. The lowest BCUT2D eigenvalue weighted by Gasteiger charge is -2.32. The van der Waals surface area contributed by atoms with Crippen molar-refractivity contribution >= 4 is 39.8 Å². The number of nitrogens with two attached hydrogens (primary N) is 1. The number of alkyl halides is 2. The maximum absolute atomic E-state index is 12.5. The number of nitrogens with one attached hydrogen (secondary N) is 1. The maximum atomic E-state index is 12.5. The zero-order valence-electron chi connectivity index (χ0n) is 17.8. The molecule has 3 N–H and O–H groups in total. The molecule has 1 aliphatic rings. The lowest BCUT2D eigenvalue weighted by atomic mass is 10.0. The molecule has 1 aromatic heterocycles. The summed E-state index contributed by atoms with van der Waals surface area (Å²) < 4.78 is 36.5. The minimum atomic E-state index is -2.48. The molecule has 2 aromatic carbocycles. The highest BCUT2D eigenvalue weighted by Crippen LogP contribution is 2.36. The third kappa shape index (κ3) is 4.80. The lowest BCUT2D eigenvalue weighted by Crippen LogP contribution is -2.44. The van der Waals surface area contributed by atoms with Crippen LogP contribution in [0, 0.1) is 0 Å². The number of hydrogen-bond acceptors (Lipinski definition) is 5. The zero-order chi connectivity index (χ0) is 23.5. The lowest BCUT2D eigenvalue weighted by molar-refractivity contribution is 0.0997. The molecule has 4 rings (SSSR count). The van der Waals surface area contributed by atoms with E-state index in [0.717, 1.165) is 24.1 Å². The topological polar surface area (TPSA) is 89.7 Å². The average molecular weight is 473 g/mol. The summed E-state index contributed by atoms with van der Waals surface area (Å²) in [7, 11) is 1.46. The predicted octanol–water partition coefficient (Wildman–Crippen LogP) is 4.03. The van der Waals surface area contributed by atoms with Gasteiger partial charge < -0.3 is 25.4 Å². The Morgan fingerprint density at radius 3 is 2.82 bits per heavy atom. The van der Waals surface area contributed by atoms with Crippen molar-refractivity contribution in [3.8, 4) is 17.2 Å². The number of nitrogens with zero attached hydrogens (tertiary/aromatic N) is 2. The number of carbonyl (C=O) groups is 1. The number of halogens is 2. The van der Waals surface area contributed by atoms with Crippen LogP contribution in [0.2, 0.25) is 0 Å². The molecule has 0 saturated heterocycles. The van der Waals surface area contributed by atoms with Crippen molar-refractivity contribution < 1.29 is 23.0 Å². The van der Waals surface area contributed by atoms with Crippen LogP contribution >= 0.6 is 12.2 Å². The van der Waals surface area contributed by atoms with E-state index in [1.54, 1.807) is 30.5 Å². The molecule has 0 spiro atoms. The number of fused-ring (bicyclic) bond motifs is 2. The van der Waals surface area contributed by atoms with Crippen LogP contribution in [0.4, 0.5) is 14.5 Å². The summed E-state index contributed by atoms with van der Waals surface area (Å²) in [5, 5.41) is 3.50. The Labute approximate surface area is 194 Å². The van der Waals surface area contributed by atoms with E-state index >= 15 is 0 Å². The molecule has 0 fully saturated rings. The second kappa shape index (κ2) is 9.53. The highest BCUT2D eigenvalue weighted by atomic mass is 32.1. The average Bonchev–Trinajstić information content (AvgIpc) is 2.81. The molecular formula is C23H22F2N4O3S. The highest BCUT2D eigenvalue weighted by Gasteiger charge is 2.22. The van der Waals surface area contributed by atoms with Gasteiger partial charge in [0.2, 0.25) is 0 Å². The van der Waals surface area contributed by atoms with E-state index in [4.69, 9.17) is 27.4 Å². The van der Waals surface area contributed by atoms with Gasteiger partial charge in [-0.3, -0.25) is 9.78 Å². The maximum Gasteiger partial charge on any atom is 0.255 e. The molecule has 3 aromatic rings. The monoisotopic (exact) mass is 472 g/mol. The van der Waals surface area contributed by atoms with E-state index in [9.17, 15) is 13.6 Å². The number of thiocarbonyl (C=S) groups is 1. The number of methoxy groups -OCH3 is 1. The van der Waals surface area contributed by atoms with E-state index in [1.807, 2.05) is 17.0 Å². The Morgan fingerprint density at radius 2 is 2.09 bits per heavy atom. The molecule has 172 valence electrons. The van der Waals surface area contributed by atoms with Crippen molar-refractivity contribution in [3.05, 3.63) is 53.7 Å². The van der Waals surface area contributed by atoms with Gasteiger partial charge in [-0.05, 0) is 61.0 Å². The SMILES string of the molecule is COc1cc2nccc(Oc3ccc4c(c3)CCCN4C(=S)NCC(F)F)c2cc1C(N)=O. The number of benzene rings is 2. The van der Waals surface area contributed by atoms with Crippen LogP contribution < -0.4 is 25.4 Å². The number of anilines is 1. The van der Waals surface area contributed by atoms with Crippen LogP contribution in [0.5, 0.6) is 17.2 Å². The van der Waals surface area contributed by atoms with Crippen LogP contribution in [0.3, 0.4) is 0 Å². The van der Waals surface area contributed by atoms with E-state index in [1.165, 1.54) is 7.11 Å². The van der Waals surface area contributed by atoms with Crippen LogP contribution in [0.1, 0.15) is 22.3 Å². The second-order valence-electron chi connectivity index (χ2n) is 7.47. The fourth-order valence-electron chi connectivity index (χ4n) is 3.83. The van der Waals surface area contributed by atoms with Gasteiger partial charge in [-0.15, -0.1) is 0 Å². The molecule has 10 heteroatoms. The van der Waals surface area contributed by atoms with Crippen molar-refractivity contribution in [1.29, 1.82) is 0 Å². The normalized spacial score (nSPS) is 13.0. The van der Waals surface area contributed by atoms with Crippen molar-refractivity contribution in [2.45, 2.75) is 19.3 Å². The summed E-state index contributed by atoms with van der Waals surface area (Å²) >= 11 is 5.31. The molecule has 7 nitrogen and oxygen atoms in total. The first-order valence-corrected chi connectivity index (χ1v) is 10.7. The summed E-state index contributed by atoms with van der Waals surface area (Å²) in [5.74, 6) is 0.816. The Kier molecular flexibility index (Phi) is 6.55. The molecule has 0 unspecified atom stereocenters. The summed E-state index contributed by atoms with van der Waals surface area (Å²) in [6.07, 6.45) is 0.759. The molecule has 0 bridgehead atoms. The number of rotatable bonds is 6. The van der Waals surface area contributed by atoms with Crippen LogP contribution in [-0.2, 0) is 6.42 Å². The minimum Gasteiger partial charge on any atom is -0.496 e. The molecule has 1 aliphatic heterocycles. The van der Waals surface area contributed by atoms with Gasteiger partial charge in [0.15, 0.2) is 5.11 Å². The van der Waals surface area contributed by atoms with E-state index in [0.29, 0.717) is 34.7 Å². The zero-order valence-corrected chi connectivity index (χ0v) is 18.6. The number of pyridine rings is 1. The van der Waals surface area contributed by atoms with Gasteiger partial charge in [-0.25, -0.2) is 8.78 Å². The Morgan fingerprint density at radius 1 is 1.27 bits per heavy atom. The van der Waals surface area contributed by atoms with Gasteiger partial charge in [0, 0.05) is 29.9 Å². The number of primary amides is 1. The smallest absolute Gasteiger partial charge is 0.255 e. The summed E-state index contributed by atoms with van der Waals surface area (Å²) in [5.41, 5.74) is 8.18. The number of hydrogen-bond donors (Lipinski definition) is 2. The Bertz CT molecular complexity index is 1220. The van der Waals surface area contributed by atoms with Gasteiger partial charge in [0.05, 0.1) is 24.7 Å². The first-order valence-electron chi connectivity index (χ1n) is 10.3. The number of ether oxygens (including phenoxy) is 2. The first-order chi connectivity index (χ1) is 15.9. The van der Waals surface area contributed by atoms with Crippen LogP contribution in [0.15, 0.2) is 42.6 Å². The van der Waals surface area contributed by atoms with Gasteiger partial charge >= 0.3 is 0 Å². The molecule has 2 heterocycles. The number of amides is 1. The quantitative estimate of drug-likeness (QED) is 0.524. The Balaban J connectivity index is 1.63. The number of aromatic nitrogens is 1. The van der Waals surface area contributed by atoms with Gasteiger partial charge in [-0.1, -0.05) is 0 Å². The van der Waals surface area contributed by atoms with E-state index in [2.05, 4.69) is 10.3 Å². The standard InChI is InChI=1S/C23H22F2N4O3S/c1-31-20-11-17-15(10-16(20)22(26)30)19(6-7-27-17)32-14-4-5-18-13(9-14)3-2-8-29(18)23(33)28-12-21(24)25/h4-7,9-11,21H,2-3,8,12H2,1H3,(H2,26,30)(H,28,33). The summed E-state index contributed by atoms with van der Waals surface area (Å²) in [6.45, 7) is 0.161. The van der Waals surface area contributed by atoms with E-state index in [-0.39, 0.29) is 10.7 Å². The van der Waals surface area contributed by atoms with Crippen molar-refractivity contribution in [2.75, 3.05) is 25.1 Å². The van der Waals surface area contributed by atoms with Gasteiger partial charge in [0.1, 0.15) is 17.2 Å². The fourth-order valence-corrected chi connectivity index (χ4v) is 4.11. The molecule has 0 radical (unpaired) electrons. The molecular weight excluding hydrogens is 450 g/mol. The molecule has 0 saturated carbocycles. The van der Waals surface area contributed by atoms with Gasteiger partial charge in [-0.2, -0.15) is 0 Å². The second-order valence-corrected chi connectivity index (χ2v) is 7.85. The van der Waals surface area contributed by atoms with Crippen LogP contribution in [-0.4, -0.2) is 42.6 Å². The van der Waals surface area contributed by atoms with Crippen molar-refractivity contribution in [1.82, 2.24) is 10.3 Å². The van der Waals surface area contributed by atoms with E-state index < -0.39 is 18.9 Å². The van der Waals surface area contributed by atoms with Crippen LogP contribution in [0.25, 0.3) is 10.9 Å². The largest absolute Gasteiger partial charge is 0.496 e. The van der Waals surface area contributed by atoms with Crippen molar-refractivity contribution in [2.24, 2.45) is 5.73 Å². The fraction of sp³-hybridized carbons (Fsp3) is 0.261. The molecule has 33 heavy (non-hydrogen) atoms. The minimum absolute atomic E-state index is 0.230. The summed E-state index contributed by atoms with van der Waals surface area (Å²) in [6, 6.07) is 10.5. The highest BCUT2D eigenvalue weighted by molar-refractivity contribution is 7.80. The number of carbonyl (C=O) groups excluding carboxylic acids is 1. The first kappa shape index (κ1) is 22.7. The van der Waals surface area contributed by atoms with Crippen molar-refractivity contribution in [3.63, 3.8) is 0 Å². The summed E-state index contributed by atoms with van der Waals surface area (Å²) in [4.78, 5) is 18.0. The van der Waals surface area contributed by atoms with Gasteiger partial charge in [0.25, 0.3) is 12.3 Å². The predicted molar refractivity (Wildman–Crippen MR) is 126 cm³/mol. The molecule has 0 aliphatic carbocycles. The molecule has 1 amide bonds. The molecule has 0 atom stereocenters. The Hall–Kier alpha value is -3.53. The number of aryl methyl sites for hydroxylation is 1. The third-order valence-corrected chi connectivity index (χ3v) is 5.70.